The molecule has 5 heteroatoms. The Labute approximate surface area is 88.2 Å². The van der Waals surface area contributed by atoms with Gasteiger partial charge in [-0.25, -0.2) is 0 Å². The van der Waals surface area contributed by atoms with E-state index in [-0.39, 0.29) is 5.91 Å². The number of carbonyl (C=O) groups is 1. The van der Waals surface area contributed by atoms with E-state index in [1.54, 1.807) is 12.3 Å². The zero-order valence-electron chi connectivity index (χ0n) is 8.75. The third-order valence-electron chi connectivity index (χ3n) is 2.78. The number of rotatable bonds is 3. The standard InChI is InChI=1S/C10H15N3O2/c1-10(4-2-5-12-10)9(14)11-7-8-3-6-13-15-8/h3,6,12H,2,4-5,7H2,1H3,(H,11,14). The molecular formula is C10H15N3O2. The molecule has 2 N–H and O–H groups in total. The van der Waals surface area contributed by atoms with Gasteiger partial charge in [-0.05, 0) is 26.3 Å². The van der Waals surface area contributed by atoms with Gasteiger partial charge in [-0.1, -0.05) is 5.16 Å². The summed E-state index contributed by atoms with van der Waals surface area (Å²) in [5.74, 6) is 0.696. The highest BCUT2D eigenvalue weighted by Crippen LogP contribution is 2.18. The van der Waals surface area contributed by atoms with Crippen LogP contribution >= 0.6 is 0 Å². The van der Waals surface area contributed by atoms with Crippen molar-refractivity contribution in [2.24, 2.45) is 0 Å². The van der Waals surface area contributed by atoms with Gasteiger partial charge in [-0.3, -0.25) is 4.79 Å². The molecule has 2 heterocycles. The summed E-state index contributed by atoms with van der Waals surface area (Å²) < 4.78 is 4.89. The number of nitrogens with one attached hydrogen (secondary N) is 2. The fourth-order valence-electron chi connectivity index (χ4n) is 1.78. The van der Waals surface area contributed by atoms with E-state index in [1.165, 1.54) is 0 Å². The molecule has 1 aromatic heterocycles. The van der Waals surface area contributed by atoms with Crippen molar-refractivity contribution in [3.63, 3.8) is 0 Å². The maximum absolute atomic E-state index is 11.8. The van der Waals surface area contributed by atoms with Crippen LogP contribution in [0.3, 0.4) is 0 Å². The molecule has 1 unspecified atom stereocenters. The second-order valence-electron chi connectivity index (χ2n) is 4.02. The highest BCUT2D eigenvalue weighted by Gasteiger charge is 2.35. The van der Waals surface area contributed by atoms with Gasteiger partial charge in [0.2, 0.25) is 5.91 Å². The van der Waals surface area contributed by atoms with Crippen LogP contribution in [-0.2, 0) is 11.3 Å². The molecule has 1 aromatic rings. The van der Waals surface area contributed by atoms with Gasteiger partial charge in [-0.2, -0.15) is 0 Å². The molecule has 1 fully saturated rings. The second kappa shape index (κ2) is 4.02. The summed E-state index contributed by atoms with van der Waals surface area (Å²) in [5.41, 5.74) is -0.417. The lowest BCUT2D eigenvalue weighted by Gasteiger charge is -2.22. The van der Waals surface area contributed by atoms with Crippen LogP contribution in [0.1, 0.15) is 25.5 Å². The SMILES string of the molecule is CC1(C(=O)NCc2ccno2)CCCN1. The molecule has 1 aliphatic heterocycles. The van der Waals surface area contributed by atoms with Crippen molar-refractivity contribution in [2.45, 2.75) is 31.8 Å². The van der Waals surface area contributed by atoms with Crippen LogP contribution in [0.2, 0.25) is 0 Å². The van der Waals surface area contributed by atoms with Gasteiger partial charge >= 0.3 is 0 Å². The number of aromatic nitrogens is 1. The summed E-state index contributed by atoms with van der Waals surface area (Å²) in [7, 11) is 0. The Morgan fingerprint density at radius 1 is 1.80 bits per heavy atom. The van der Waals surface area contributed by atoms with Gasteiger partial charge in [-0.15, -0.1) is 0 Å². The van der Waals surface area contributed by atoms with Crippen molar-refractivity contribution >= 4 is 5.91 Å². The van der Waals surface area contributed by atoms with Crippen LogP contribution < -0.4 is 10.6 Å². The fraction of sp³-hybridized carbons (Fsp3) is 0.600. The van der Waals surface area contributed by atoms with Gasteiger partial charge in [0.05, 0.1) is 18.3 Å². The minimum atomic E-state index is -0.417. The third kappa shape index (κ3) is 2.18. The van der Waals surface area contributed by atoms with Crippen LogP contribution in [0.15, 0.2) is 16.8 Å². The molecular weight excluding hydrogens is 194 g/mol. The average molecular weight is 209 g/mol. The van der Waals surface area contributed by atoms with Crippen LogP contribution in [0, 0.1) is 0 Å². The van der Waals surface area contributed by atoms with Crippen molar-refractivity contribution in [1.82, 2.24) is 15.8 Å². The summed E-state index contributed by atoms with van der Waals surface area (Å²) in [6.07, 6.45) is 3.50. The lowest BCUT2D eigenvalue weighted by Crippen LogP contribution is -2.50. The van der Waals surface area contributed by atoms with Gasteiger partial charge in [0.1, 0.15) is 0 Å². The first-order valence-electron chi connectivity index (χ1n) is 5.14. The van der Waals surface area contributed by atoms with Gasteiger partial charge < -0.3 is 15.2 Å². The molecule has 1 aliphatic rings. The fourth-order valence-corrected chi connectivity index (χ4v) is 1.78. The quantitative estimate of drug-likeness (QED) is 0.757. The Bertz CT molecular complexity index is 328. The van der Waals surface area contributed by atoms with E-state index in [1.807, 2.05) is 6.92 Å². The Balaban J connectivity index is 1.87. The number of hydrogen-bond donors (Lipinski definition) is 2. The predicted octanol–water partition coefficient (Wildman–Crippen LogP) is 0.433. The monoisotopic (exact) mass is 209 g/mol. The number of amides is 1. The van der Waals surface area contributed by atoms with E-state index >= 15 is 0 Å². The minimum absolute atomic E-state index is 0.0244. The van der Waals surface area contributed by atoms with Crippen molar-refractivity contribution in [3.05, 3.63) is 18.0 Å². The molecule has 0 radical (unpaired) electrons. The number of carbonyl (C=O) groups excluding carboxylic acids is 1. The highest BCUT2D eigenvalue weighted by molar-refractivity contribution is 5.86. The van der Waals surface area contributed by atoms with E-state index in [0.717, 1.165) is 19.4 Å². The molecule has 15 heavy (non-hydrogen) atoms. The molecule has 0 aromatic carbocycles. The molecule has 1 atom stereocenters. The van der Waals surface area contributed by atoms with E-state index in [4.69, 9.17) is 4.52 Å². The molecule has 1 saturated heterocycles. The Hall–Kier alpha value is -1.36. The molecule has 0 bridgehead atoms. The van der Waals surface area contributed by atoms with Crippen molar-refractivity contribution in [1.29, 1.82) is 0 Å². The molecule has 5 nitrogen and oxygen atoms in total. The maximum Gasteiger partial charge on any atom is 0.240 e. The first kappa shape index (κ1) is 10.2. The van der Waals surface area contributed by atoms with Crippen LogP contribution in [0.5, 0.6) is 0 Å². The summed E-state index contributed by atoms with van der Waals surface area (Å²) in [4.78, 5) is 11.8. The van der Waals surface area contributed by atoms with Crippen LogP contribution in [0.4, 0.5) is 0 Å². The lowest BCUT2D eigenvalue weighted by atomic mass is 9.99. The normalized spacial score (nSPS) is 25.4. The molecule has 0 aliphatic carbocycles. The first-order valence-corrected chi connectivity index (χ1v) is 5.14. The minimum Gasteiger partial charge on any atom is -0.360 e. The highest BCUT2D eigenvalue weighted by atomic mass is 16.5. The Morgan fingerprint density at radius 2 is 2.67 bits per heavy atom. The summed E-state index contributed by atoms with van der Waals surface area (Å²) in [6, 6.07) is 1.74. The van der Waals surface area contributed by atoms with E-state index in [9.17, 15) is 4.79 Å². The molecule has 0 saturated carbocycles. The van der Waals surface area contributed by atoms with Gasteiger partial charge in [0.15, 0.2) is 5.76 Å². The number of nitrogens with zero attached hydrogens (tertiary/aromatic N) is 1. The smallest absolute Gasteiger partial charge is 0.240 e. The Kier molecular flexibility index (Phi) is 2.73. The van der Waals surface area contributed by atoms with Crippen LogP contribution in [-0.4, -0.2) is 23.1 Å². The average Bonchev–Trinajstić information content (AvgIpc) is 2.85. The topological polar surface area (TPSA) is 67.2 Å². The first-order chi connectivity index (χ1) is 7.21. The Morgan fingerprint density at radius 3 is 3.27 bits per heavy atom. The number of hydrogen-bond acceptors (Lipinski definition) is 4. The van der Waals surface area contributed by atoms with Gasteiger partial charge in [0.25, 0.3) is 0 Å². The summed E-state index contributed by atoms with van der Waals surface area (Å²) in [6.45, 7) is 3.23. The zero-order valence-corrected chi connectivity index (χ0v) is 8.75. The molecule has 1 amide bonds. The van der Waals surface area contributed by atoms with Gasteiger partial charge in [0, 0.05) is 6.07 Å². The molecule has 82 valence electrons. The second-order valence-corrected chi connectivity index (χ2v) is 4.02. The van der Waals surface area contributed by atoms with E-state index in [0.29, 0.717) is 12.3 Å². The third-order valence-corrected chi connectivity index (χ3v) is 2.78. The van der Waals surface area contributed by atoms with Crippen molar-refractivity contribution in [3.8, 4) is 0 Å². The molecule has 0 spiro atoms. The molecule has 2 rings (SSSR count). The maximum atomic E-state index is 11.8. The largest absolute Gasteiger partial charge is 0.360 e. The lowest BCUT2D eigenvalue weighted by molar-refractivity contribution is -0.126. The van der Waals surface area contributed by atoms with E-state index in [2.05, 4.69) is 15.8 Å². The van der Waals surface area contributed by atoms with Crippen LogP contribution in [0.25, 0.3) is 0 Å². The predicted molar refractivity (Wildman–Crippen MR) is 54.0 cm³/mol. The zero-order chi connectivity index (χ0) is 10.7. The van der Waals surface area contributed by atoms with Crippen molar-refractivity contribution in [2.75, 3.05) is 6.54 Å². The van der Waals surface area contributed by atoms with Crippen molar-refractivity contribution < 1.29 is 9.32 Å². The summed E-state index contributed by atoms with van der Waals surface area (Å²) >= 11 is 0. The van der Waals surface area contributed by atoms with E-state index < -0.39 is 5.54 Å². The summed E-state index contributed by atoms with van der Waals surface area (Å²) in [5, 5.41) is 9.61.